The van der Waals surface area contributed by atoms with Crippen LogP contribution in [0.4, 0.5) is 5.69 Å². The summed E-state index contributed by atoms with van der Waals surface area (Å²) >= 11 is 0. The lowest BCUT2D eigenvalue weighted by Crippen LogP contribution is -2.33. The van der Waals surface area contributed by atoms with E-state index in [0.717, 1.165) is 11.1 Å². The van der Waals surface area contributed by atoms with Crippen molar-refractivity contribution in [2.75, 3.05) is 12.4 Å². The number of aryl methyl sites for hydroxylation is 2. The lowest BCUT2D eigenvalue weighted by atomic mass is 10.1. The maximum absolute atomic E-state index is 12.3. The standard InChI is InChI=1S/C26H25N3O5/c1-16-6-5-7-17(2)23(16)27-24(30)25(31)29-28-18(3)19-8-14-22(15-9-19)34-26(32)20-10-12-21(33-4)13-11-20/h5-15H,1-4H3,(H,27,30)(H,29,31)/b28-18+. The highest BCUT2D eigenvalue weighted by Crippen LogP contribution is 2.19. The Kier molecular flexibility index (Phi) is 7.76. The summed E-state index contributed by atoms with van der Waals surface area (Å²) in [5.41, 5.74) is 6.12. The number of hydrazone groups is 1. The highest BCUT2D eigenvalue weighted by atomic mass is 16.5. The largest absolute Gasteiger partial charge is 0.497 e. The summed E-state index contributed by atoms with van der Waals surface area (Å²) in [6, 6.07) is 18.8. The number of benzene rings is 3. The molecule has 0 atom stereocenters. The number of nitrogens with one attached hydrogen (secondary N) is 2. The Morgan fingerprint density at radius 3 is 1.91 bits per heavy atom. The van der Waals surface area contributed by atoms with Crippen molar-refractivity contribution >= 4 is 29.2 Å². The maximum atomic E-state index is 12.3. The summed E-state index contributed by atoms with van der Waals surface area (Å²) in [5.74, 6) is -1.19. The van der Waals surface area contributed by atoms with Crippen LogP contribution in [0.15, 0.2) is 71.8 Å². The Bertz CT molecular complexity index is 1210. The predicted octanol–water partition coefficient (Wildman–Crippen LogP) is 4.01. The van der Waals surface area contributed by atoms with Crippen molar-refractivity contribution in [3.63, 3.8) is 0 Å². The van der Waals surface area contributed by atoms with E-state index in [1.54, 1.807) is 62.6 Å². The van der Waals surface area contributed by atoms with Gasteiger partial charge >= 0.3 is 17.8 Å². The van der Waals surface area contributed by atoms with E-state index in [9.17, 15) is 14.4 Å². The van der Waals surface area contributed by atoms with Crippen molar-refractivity contribution in [2.24, 2.45) is 5.10 Å². The van der Waals surface area contributed by atoms with E-state index in [0.29, 0.717) is 34.0 Å². The van der Waals surface area contributed by atoms with Gasteiger partial charge in [0.05, 0.1) is 18.4 Å². The number of amides is 2. The minimum Gasteiger partial charge on any atom is -0.497 e. The summed E-state index contributed by atoms with van der Waals surface area (Å²) in [6.45, 7) is 5.38. The molecule has 8 nitrogen and oxygen atoms in total. The fourth-order valence-electron chi connectivity index (χ4n) is 3.09. The van der Waals surface area contributed by atoms with Crippen LogP contribution in [0.1, 0.15) is 34.0 Å². The molecule has 8 heteroatoms. The van der Waals surface area contributed by atoms with E-state index >= 15 is 0 Å². The molecule has 0 radical (unpaired) electrons. The van der Waals surface area contributed by atoms with E-state index in [2.05, 4.69) is 15.8 Å². The Morgan fingerprint density at radius 1 is 0.765 bits per heavy atom. The first kappa shape index (κ1) is 24.2. The molecule has 0 aromatic heterocycles. The van der Waals surface area contributed by atoms with Crippen LogP contribution in [-0.4, -0.2) is 30.6 Å². The van der Waals surface area contributed by atoms with Crippen LogP contribution in [0.3, 0.4) is 0 Å². The third-order valence-electron chi connectivity index (χ3n) is 5.06. The van der Waals surface area contributed by atoms with E-state index in [1.807, 2.05) is 32.0 Å². The van der Waals surface area contributed by atoms with E-state index in [4.69, 9.17) is 9.47 Å². The molecule has 0 aliphatic carbocycles. The lowest BCUT2D eigenvalue weighted by Gasteiger charge is -2.10. The van der Waals surface area contributed by atoms with Crippen molar-refractivity contribution in [2.45, 2.75) is 20.8 Å². The SMILES string of the molecule is COc1ccc(C(=O)Oc2ccc(/C(C)=N/NC(=O)C(=O)Nc3c(C)cccc3C)cc2)cc1. The molecule has 3 aromatic rings. The molecular formula is C26H25N3O5. The summed E-state index contributed by atoms with van der Waals surface area (Å²) in [4.78, 5) is 36.7. The number of carbonyl (C=O) groups excluding carboxylic acids is 3. The Labute approximate surface area is 197 Å². The molecule has 0 heterocycles. The molecule has 0 aliphatic rings. The predicted molar refractivity (Wildman–Crippen MR) is 129 cm³/mol. The third-order valence-corrected chi connectivity index (χ3v) is 5.06. The second-order valence-corrected chi connectivity index (χ2v) is 7.50. The third kappa shape index (κ3) is 6.07. The average Bonchev–Trinajstić information content (AvgIpc) is 2.85. The number of ether oxygens (including phenoxy) is 2. The van der Waals surface area contributed by atoms with Crippen LogP contribution in [0.25, 0.3) is 0 Å². The minimum absolute atomic E-state index is 0.356. The molecule has 0 fully saturated rings. The first-order valence-electron chi connectivity index (χ1n) is 10.5. The van der Waals surface area contributed by atoms with Crippen molar-refractivity contribution in [1.29, 1.82) is 0 Å². The average molecular weight is 460 g/mol. The van der Waals surface area contributed by atoms with Crippen LogP contribution < -0.4 is 20.2 Å². The van der Waals surface area contributed by atoms with Crippen LogP contribution >= 0.6 is 0 Å². The van der Waals surface area contributed by atoms with Gasteiger partial charge in [-0.25, -0.2) is 10.2 Å². The molecule has 3 rings (SSSR count). The number of hydrogen-bond donors (Lipinski definition) is 2. The van der Waals surface area contributed by atoms with Crippen LogP contribution in [0.2, 0.25) is 0 Å². The van der Waals surface area contributed by atoms with Crippen molar-refractivity contribution in [3.8, 4) is 11.5 Å². The molecule has 0 saturated heterocycles. The van der Waals surface area contributed by atoms with Gasteiger partial charge in [0.25, 0.3) is 0 Å². The molecule has 0 spiro atoms. The second kappa shape index (κ2) is 10.9. The number of rotatable bonds is 6. The smallest absolute Gasteiger partial charge is 0.343 e. The zero-order valence-electron chi connectivity index (χ0n) is 19.3. The summed E-state index contributed by atoms with van der Waals surface area (Å²) in [6.07, 6.45) is 0. The van der Waals surface area contributed by atoms with E-state index in [-0.39, 0.29) is 0 Å². The maximum Gasteiger partial charge on any atom is 0.343 e. The van der Waals surface area contributed by atoms with Crippen molar-refractivity contribution in [1.82, 2.24) is 5.43 Å². The van der Waals surface area contributed by atoms with Crippen molar-refractivity contribution < 1.29 is 23.9 Å². The van der Waals surface area contributed by atoms with Gasteiger partial charge < -0.3 is 14.8 Å². The molecule has 0 unspecified atom stereocenters. The highest BCUT2D eigenvalue weighted by molar-refractivity contribution is 6.39. The molecular weight excluding hydrogens is 434 g/mol. The summed E-state index contributed by atoms with van der Waals surface area (Å²) in [5, 5.41) is 6.60. The van der Waals surface area contributed by atoms with Crippen LogP contribution in [0.5, 0.6) is 11.5 Å². The van der Waals surface area contributed by atoms with Gasteiger partial charge in [-0.05, 0) is 86.0 Å². The van der Waals surface area contributed by atoms with Gasteiger partial charge in [0, 0.05) is 5.69 Å². The fourth-order valence-corrected chi connectivity index (χ4v) is 3.09. The summed E-state index contributed by atoms with van der Waals surface area (Å²) in [7, 11) is 1.55. The molecule has 0 bridgehead atoms. The zero-order chi connectivity index (χ0) is 24.7. The van der Waals surface area contributed by atoms with Gasteiger partial charge in [-0.3, -0.25) is 9.59 Å². The Hall–Kier alpha value is -4.46. The fraction of sp³-hybridized carbons (Fsp3) is 0.154. The van der Waals surface area contributed by atoms with Gasteiger partial charge in [-0.1, -0.05) is 18.2 Å². The zero-order valence-corrected chi connectivity index (χ0v) is 19.3. The quantitative estimate of drug-likeness (QED) is 0.190. The van der Waals surface area contributed by atoms with Gasteiger partial charge in [0.1, 0.15) is 11.5 Å². The number of hydrogen-bond acceptors (Lipinski definition) is 6. The topological polar surface area (TPSA) is 106 Å². The molecule has 2 amide bonds. The second-order valence-electron chi connectivity index (χ2n) is 7.50. The first-order valence-corrected chi connectivity index (χ1v) is 10.5. The van der Waals surface area contributed by atoms with Crippen LogP contribution in [-0.2, 0) is 9.59 Å². The number of methoxy groups -OCH3 is 1. The number of nitrogens with zero attached hydrogens (tertiary/aromatic N) is 1. The Balaban J connectivity index is 1.58. The van der Waals surface area contributed by atoms with Crippen molar-refractivity contribution in [3.05, 3.63) is 89.0 Å². The number of para-hydroxylation sites is 1. The van der Waals surface area contributed by atoms with Gasteiger partial charge in [0.15, 0.2) is 0 Å². The lowest BCUT2D eigenvalue weighted by molar-refractivity contribution is -0.136. The molecule has 0 saturated carbocycles. The van der Waals surface area contributed by atoms with Gasteiger partial charge in [-0.2, -0.15) is 5.10 Å². The van der Waals surface area contributed by atoms with Gasteiger partial charge in [-0.15, -0.1) is 0 Å². The minimum atomic E-state index is -0.882. The normalized spacial score (nSPS) is 10.9. The molecule has 0 aliphatic heterocycles. The number of anilines is 1. The molecule has 34 heavy (non-hydrogen) atoms. The summed E-state index contributed by atoms with van der Waals surface area (Å²) < 4.78 is 10.4. The Morgan fingerprint density at radius 2 is 1.32 bits per heavy atom. The molecule has 3 aromatic carbocycles. The molecule has 174 valence electrons. The van der Waals surface area contributed by atoms with E-state index in [1.165, 1.54) is 0 Å². The molecule has 2 N–H and O–H groups in total. The number of esters is 1. The monoisotopic (exact) mass is 459 g/mol. The number of carbonyl (C=O) groups is 3. The van der Waals surface area contributed by atoms with E-state index < -0.39 is 17.8 Å². The van der Waals surface area contributed by atoms with Crippen LogP contribution in [0, 0.1) is 13.8 Å². The van der Waals surface area contributed by atoms with Gasteiger partial charge in [0.2, 0.25) is 0 Å². The highest BCUT2D eigenvalue weighted by Gasteiger charge is 2.15. The first-order chi connectivity index (χ1) is 16.3.